The predicted octanol–water partition coefficient (Wildman–Crippen LogP) is 3.72. The van der Waals surface area contributed by atoms with E-state index < -0.39 is 0 Å². The van der Waals surface area contributed by atoms with Gasteiger partial charge in [-0.05, 0) is 24.5 Å². The highest BCUT2D eigenvalue weighted by molar-refractivity contribution is 5.81. The van der Waals surface area contributed by atoms with Gasteiger partial charge in [0.05, 0.1) is 5.56 Å². The smallest absolute Gasteiger partial charge is 0.154 e. The lowest BCUT2D eigenvalue weighted by molar-refractivity contribution is 0.112. The van der Waals surface area contributed by atoms with Crippen LogP contribution in [0, 0.1) is 0 Å². The highest BCUT2D eigenvalue weighted by Gasteiger charge is 2.05. The summed E-state index contributed by atoms with van der Waals surface area (Å²) in [5, 5.41) is 9.50. The summed E-state index contributed by atoms with van der Waals surface area (Å²) in [6, 6.07) is 5.28. The van der Waals surface area contributed by atoms with Crippen molar-refractivity contribution in [2.45, 2.75) is 45.4 Å². The van der Waals surface area contributed by atoms with Crippen LogP contribution >= 0.6 is 0 Å². The molecule has 1 aromatic carbocycles. The van der Waals surface area contributed by atoms with E-state index in [1.165, 1.54) is 25.7 Å². The molecule has 0 atom stereocenters. The van der Waals surface area contributed by atoms with Crippen molar-refractivity contribution in [1.82, 2.24) is 0 Å². The molecule has 0 spiro atoms. The normalized spacial score (nSPS) is 10.3. The number of phenolic OH excluding ortho intramolecular Hbond substituents is 1. The summed E-state index contributed by atoms with van der Waals surface area (Å²) in [5.41, 5.74) is 1.42. The van der Waals surface area contributed by atoms with Crippen molar-refractivity contribution in [2.24, 2.45) is 0 Å². The van der Waals surface area contributed by atoms with E-state index in [1.807, 2.05) is 6.07 Å². The maximum absolute atomic E-state index is 10.8. The number of aldehydes is 1. The van der Waals surface area contributed by atoms with E-state index in [2.05, 4.69) is 6.92 Å². The zero-order valence-corrected chi connectivity index (χ0v) is 9.91. The van der Waals surface area contributed by atoms with Crippen molar-refractivity contribution in [1.29, 1.82) is 0 Å². The molecule has 0 aliphatic rings. The Morgan fingerprint density at radius 3 is 2.62 bits per heavy atom. The van der Waals surface area contributed by atoms with Gasteiger partial charge in [0.2, 0.25) is 0 Å². The molecule has 0 amide bonds. The molecule has 0 heterocycles. The lowest BCUT2D eigenvalue weighted by Gasteiger charge is -2.06. The Morgan fingerprint density at radius 2 is 1.94 bits per heavy atom. The van der Waals surface area contributed by atoms with Gasteiger partial charge in [-0.3, -0.25) is 4.79 Å². The molecule has 88 valence electrons. The number of unbranched alkanes of at least 4 members (excludes halogenated alkanes) is 4. The highest BCUT2D eigenvalue weighted by atomic mass is 16.3. The van der Waals surface area contributed by atoms with Crippen LogP contribution in [0.2, 0.25) is 0 Å². The summed E-state index contributed by atoms with van der Waals surface area (Å²) in [6.07, 6.45) is 7.69. The molecule has 0 fully saturated rings. The van der Waals surface area contributed by atoms with Gasteiger partial charge in [0.25, 0.3) is 0 Å². The molecule has 0 bridgehead atoms. The fourth-order valence-corrected chi connectivity index (χ4v) is 1.87. The lowest BCUT2D eigenvalue weighted by atomic mass is 10.0. The van der Waals surface area contributed by atoms with E-state index in [0.29, 0.717) is 5.56 Å². The first-order valence-electron chi connectivity index (χ1n) is 6.05. The van der Waals surface area contributed by atoms with Crippen molar-refractivity contribution in [2.75, 3.05) is 0 Å². The Kier molecular flexibility index (Phi) is 5.62. The largest absolute Gasteiger partial charge is 0.507 e. The third-order valence-electron chi connectivity index (χ3n) is 2.84. The van der Waals surface area contributed by atoms with Crippen molar-refractivity contribution >= 4 is 6.29 Å². The van der Waals surface area contributed by atoms with Gasteiger partial charge >= 0.3 is 0 Å². The summed E-state index contributed by atoms with van der Waals surface area (Å²) in [4.78, 5) is 10.8. The number of aryl methyl sites for hydroxylation is 1. The van der Waals surface area contributed by atoms with E-state index in [-0.39, 0.29) is 5.75 Å². The molecule has 1 aromatic rings. The molecule has 16 heavy (non-hydrogen) atoms. The molecule has 0 aromatic heterocycles. The molecule has 0 unspecified atom stereocenters. The third-order valence-corrected chi connectivity index (χ3v) is 2.84. The van der Waals surface area contributed by atoms with Crippen LogP contribution in [0.1, 0.15) is 54.9 Å². The van der Waals surface area contributed by atoms with Gasteiger partial charge < -0.3 is 5.11 Å². The molecule has 0 saturated heterocycles. The van der Waals surface area contributed by atoms with Crippen molar-refractivity contribution < 1.29 is 9.90 Å². The number of hydrogen-bond donors (Lipinski definition) is 1. The molecule has 2 heteroatoms. The average molecular weight is 220 g/mol. The number of rotatable bonds is 7. The van der Waals surface area contributed by atoms with Crippen LogP contribution in [0.25, 0.3) is 0 Å². The molecule has 0 saturated carbocycles. The fraction of sp³-hybridized carbons (Fsp3) is 0.500. The SMILES string of the molecule is CCCCCCCc1cccc(O)c1C=O. The Balaban J connectivity index is 2.47. The minimum absolute atomic E-state index is 0.0982. The first kappa shape index (κ1) is 12.8. The van der Waals surface area contributed by atoms with Gasteiger partial charge in [0.1, 0.15) is 5.75 Å². The highest BCUT2D eigenvalue weighted by Crippen LogP contribution is 2.20. The minimum Gasteiger partial charge on any atom is -0.507 e. The van der Waals surface area contributed by atoms with Crippen LogP contribution in [0.15, 0.2) is 18.2 Å². The number of benzene rings is 1. The summed E-state index contributed by atoms with van der Waals surface area (Å²) in [7, 11) is 0. The van der Waals surface area contributed by atoms with Crippen LogP contribution in [0.3, 0.4) is 0 Å². The summed E-state index contributed by atoms with van der Waals surface area (Å²) in [6.45, 7) is 2.19. The molecular weight excluding hydrogens is 200 g/mol. The van der Waals surface area contributed by atoms with Crippen molar-refractivity contribution in [3.63, 3.8) is 0 Å². The number of carbonyl (C=O) groups is 1. The van der Waals surface area contributed by atoms with Crippen LogP contribution in [0.4, 0.5) is 0 Å². The third kappa shape index (κ3) is 3.69. The predicted molar refractivity (Wildman–Crippen MR) is 66.0 cm³/mol. The van der Waals surface area contributed by atoms with Crippen molar-refractivity contribution in [3.05, 3.63) is 29.3 Å². The second-order valence-corrected chi connectivity index (χ2v) is 4.13. The van der Waals surface area contributed by atoms with Gasteiger partial charge in [-0.25, -0.2) is 0 Å². The maximum atomic E-state index is 10.8. The van der Waals surface area contributed by atoms with Crippen LogP contribution in [-0.2, 0) is 6.42 Å². The van der Waals surface area contributed by atoms with Gasteiger partial charge in [0.15, 0.2) is 6.29 Å². The van der Waals surface area contributed by atoms with Crippen LogP contribution in [0.5, 0.6) is 5.75 Å². The van der Waals surface area contributed by atoms with Gasteiger partial charge in [-0.1, -0.05) is 44.7 Å². The molecule has 0 radical (unpaired) electrons. The van der Waals surface area contributed by atoms with Gasteiger partial charge in [-0.15, -0.1) is 0 Å². The molecular formula is C14H20O2. The molecule has 0 aliphatic heterocycles. The molecule has 1 rings (SSSR count). The Hall–Kier alpha value is -1.31. The monoisotopic (exact) mass is 220 g/mol. The Labute approximate surface area is 97.3 Å². The number of aromatic hydroxyl groups is 1. The van der Waals surface area contributed by atoms with E-state index >= 15 is 0 Å². The van der Waals surface area contributed by atoms with Gasteiger partial charge in [-0.2, -0.15) is 0 Å². The quantitative estimate of drug-likeness (QED) is 0.561. The standard InChI is InChI=1S/C14H20O2/c1-2-3-4-5-6-8-12-9-7-10-14(16)13(12)11-15/h7,9-11,16H,2-6,8H2,1H3. The van der Waals surface area contributed by atoms with E-state index in [0.717, 1.165) is 24.7 Å². The summed E-state index contributed by atoms with van der Waals surface area (Å²) < 4.78 is 0. The topological polar surface area (TPSA) is 37.3 Å². The lowest BCUT2D eigenvalue weighted by Crippen LogP contribution is -1.93. The zero-order valence-electron chi connectivity index (χ0n) is 9.91. The van der Waals surface area contributed by atoms with Crippen LogP contribution in [-0.4, -0.2) is 11.4 Å². The first-order valence-corrected chi connectivity index (χ1v) is 6.05. The average Bonchev–Trinajstić information content (AvgIpc) is 2.29. The maximum Gasteiger partial charge on any atom is 0.154 e. The Morgan fingerprint density at radius 1 is 1.19 bits per heavy atom. The number of carbonyl (C=O) groups excluding carboxylic acids is 1. The van der Waals surface area contributed by atoms with Crippen LogP contribution < -0.4 is 0 Å². The van der Waals surface area contributed by atoms with Gasteiger partial charge in [0, 0.05) is 0 Å². The van der Waals surface area contributed by atoms with E-state index in [1.54, 1.807) is 12.1 Å². The number of phenols is 1. The molecule has 1 N–H and O–H groups in total. The van der Waals surface area contributed by atoms with E-state index in [9.17, 15) is 9.90 Å². The minimum atomic E-state index is 0.0982. The fourth-order valence-electron chi connectivity index (χ4n) is 1.87. The summed E-state index contributed by atoms with van der Waals surface area (Å²) >= 11 is 0. The zero-order chi connectivity index (χ0) is 11.8. The van der Waals surface area contributed by atoms with Crippen molar-refractivity contribution in [3.8, 4) is 5.75 Å². The second kappa shape index (κ2) is 7.04. The molecule has 0 aliphatic carbocycles. The second-order valence-electron chi connectivity index (χ2n) is 4.13. The summed E-state index contributed by atoms with van der Waals surface area (Å²) in [5.74, 6) is 0.0982. The first-order chi connectivity index (χ1) is 7.79. The van der Waals surface area contributed by atoms with E-state index in [4.69, 9.17) is 0 Å². The Bertz CT molecular complexity index is 332. The molecule has 2 nitrogen and oxygen atoms in total. The number of hydrogen-bond acceptors (Lipinski definition) is 2.